The molecule has 1 aromatic rings. The van der Waals surface area contributed by atoms with Crippen molar-refractivity contribution in [2.45, 2.75) is 13.0 Å². The molecule has 1 heterocycles. The maximum Gasteiger partial charge on any atom is 0.254 e. The fourth-order valence-electron chi connectivity index (χ4n) is 2.40. The molecule has 0 saturated carbocycles. The van der Waals surface area contributed by atoms with E-state index in [-0.39, 0.29) is 11.6 Å². The summed E-state index contributed by atoms with van der Waals surface area (Å²) in [5, 5.41) is 3.14. The lowest BCUT2D eigenvalue weighted by molar-refractivity contribution is 0.0900. The molecule has 1 N–H and O–H groups in total. The van der Waals surface area contributed by atoms with E-state index in [0.29, 0.717) is 11.6 Å². The molecule has 116 valence electrons. The Kier molecular flexibility index (Phi) is 5.56. The molecule has 0 aromatic heterocycles. The van der Waals surface area contributed by atoms with Gasteiger partial charge in [0, 0.05) is 43.8 Å². The average Bonchev–Trinajstić information content (AvgIpc) is 2.47. The highest BCUT2D eigenvalue weighted by molar-refractivity contribution is 6.30. The highest BCUT2D eigenvalue weighted by atomic mass is 35.5. The number of hydrogen-bond acceptors (Lipinski definition) is 3. The molecule has 0 radical (unpaired) electrons. The fraction of sp³-hybridized carbons (Fsp3) is 0.533. The van der Waals surface area contributed by atoms with Gasteiger partial charge < -0.3 is 10.2 Å². The summed E-state index contributed by atoms with van der Waals surface area (Å²) in [6, 6.07) is 4.22. The largest absolute Gasteiger partial charge is 0.350 e. The topological polar surface area (TPSA) is 35.6 Å². The first-order valence-electron chi connectivity index (χ1n) is 7.13. The van der Waals surface area contributed by atoms with E-state index in [0.717, 1.165) is 26.2 Å². The Hall–Kier alpha value is -1.17. The molecule has 1 atom stereocenters. The maximum atomic E-state index is 13.6. The summed E-state index contributed by atoms with van der Waals surface area (Å²) < 4.78 is 13.6. The number of piperazine rings is 1. The fourth-order valence-corrected chi connectivity index (χ4v) is 2.57. The first-order valence-corrected chi connectivity index (χ1v) is 7.51. The molecule has 0 bridgehead atoms. The van der Waals surface area contributed by atoms with Gasteiger partial charge in [0.1, 0.15) is 5.82 Å². The van der Waals surface area contributed by atoms with Crippen molar-refractivity contribution < 1.29 is 9.18 Å². The number of carbonyl (C=O) groups is 1. The van der Waals surface area contributed by atoms with Crippen molar-refractivity contribution in [2.75, 3.05) is 39.8 Å². The standard InChI is InChI=1S/C15H21ClFN3O/c1-11(20-7-5-19(2)6-8-20)10-18-15(21)13-9-12(16)3-4-14(13)17/h3-4,9,11H,5-8,10H2,1-2H3,(H,18,21)/t11-/m1/s1. The molecule has 0 spiro atoms. The lowest BCUT2D eigenvalue weighted by atomic mass is 10.2. The molecule has 1 fully saturated rings. The zero-order valence-corrected chi connectivity index (χ0v) is 13.2. The molecule has 1 amide bonds. The molecule has 1 aliphatic rings. The molecule has 21 heavy (non-hydrogen) atoms. The molecular weight excluding hydrogens is 293 g/mol. The number of benzene rings is 1. The number of amides is 1. The van der Waals surface area contributed by atoms with Crippen molar-refractivity contribution in [1.29, 1.82) is 0 Å². The summed E-state index contributed by atoms with van der Waals surface area (Å²) in [5.74, 6) is -0.972. The third kappa shape index (κ3) is 4.40. The number of nitrogens with one attached hydrogen (secondary N) is 1. The first-order chi connectivity index (χ1) is 9.97. The average molecular weight is 314 g/mol. The Bertz CT molecular complexity index is 504. The van der Waals surface area contributed by atoms with E-state index in [1.165, 1.54) is 18.2 Å². The van der Waals surface area contributed by atoms with Gasteiger partial charge in [0.2, 0.25) is 0 Å². The summed E-state index contributed by atoms with van der Waals surface area (Å²) in [6.07, 6.45) is 0. The van der Waals surface area contributed by atoms with Crippen LogP contribution in [0.5, 0.6) is 0 Å². The Balaban J connectivity index is 1.87. The van der Waals surface area contributed by atoms with Gasteiger partial charge in [-0.05, 0) is 32.2 Å². The van der Waals surface area contributed by atoms with Crippen LogP contribution in [-0.2, 0) is 0 Å². The van der Waals surface area contributed by atoms with E-state index in [4.69, 9.17) is 11.6 Å². The smallest absolute Gasteiger partial charge is 0.254 e. The molecule has 6 heteroatoms. The molecule has 1 aliphatic heterocycles. The number of carbonyl (C=O) groups excluding carboxylic acids is 1. The maximum absolute atomic E-state index is 13.6. The summed E-state index contributed by atoms with van der Waals surface area (Å²) in [4.78, 5) is 16.6. The van der Waals surface area contributed by atoms with Crippen molar-refractivity contribution >= 4 is 17.5 Å². The lowest BCUT2D eigenvalue weighted by Gasteiger charge is -2.36. The van der Waals surface area contributed by atoms with Crippen LogP contribution in [0.3, 0.4) is 0 Å². The minimum absolute atomic E-state index is 0.00641. The van der Waals surface area contributed by atoms with Crippen LogP contribution in [0.25, 0.3) is 0 Å². The number of nitrogens with zero attached hydrogens (tertiary/aromatic N) is 2. The van der Waals surface area contributed by atoms with Gasteiger partial charge >= 0.3 is 0 Å². The van der Waals surface area contributed by atoms with Crippen LogP contribution in [0.15, 0.2) is 18.2 Å². The third-order valence-corrected chi connectivity index (χ3v) is 4.13. The highest BCUT2D eigenvalue weighted by Crippen LogP contribution is 2.14. The van der Waals surface area contributed by atoms with Gasteiger partial charge in [-0.1, -0.05) is 11.6 Å². The minimum Gasteiger partial charge on any atom is -0.350 e. The SMILES string of the molecule is C[C@H](CNC(=O)c1cc(Cl)ccc1F)N1CCN(C)CC1. The molecular formula is C15H21ClFN3O. The second-order valence-corrected chi connectivity index (χ2v) is 5.96. The van der Waals surface area contributed by atoms with Gasteiger partial charge in [-0.3, -0.25) is 9.69 Å². The Labute approximate surface area is 129 Å². The quantitative estimate of drug-likeness (QED) is 0.921. The van der Waals surface area contributed by atoms with Crippen LogP contribution in [0.4, 0.5) is 4.39 Å². The Morgan fingerprint density at radius 2 is 2.05 bits per heavy atom. The van der Waals surface area contributed by atoms with Crippen LogP contribution < -0.4 is 5.32 Å². The number of likely N-dealkylation sites (N-methyl/N-ethyl adjacent to an activating group) is 1. The van der Waals surface area contributed by atoms with Crippen molar-refractivity contribution in [1.82, 2.24) is 15.1 Å². The van der Waals surface area contributed by atoms with E-state index in [9.17, 15) is 9.18 Å². The van der Waals surface area contributed by atoms with Gasteiger partial charge in [0.25, 0.3) is 5.91 Å². The predicted molar refractivity (Wildman–Crippen MR) is 82.3 cm³/mol. The van der Waals surface area contributed by atoms with E-state index >= 15 is 0 Å². The summed E-state index contributed by atoms with van der Waals surface area (Å²) in [5.41, 5.74) is -0.00641. The zero-order valence-electron chi connectivity index (χ0n) is 12.4. The molecule has 1 saturated heterocycles. The summed E-state index contributed by atoms with van der Waals surface area (Å²) in [6.45, 7) is 6.59. The van der Waals surface area contributed by atoms with Gasteiger partial charge in [-0.25, -0.2) is 4.39 Å². The predicted octanol–water partition coefficient (Wildman–Crippen LogP) is 1.84. The van der Waals surface area contributed by atoms with E-state index < -0.39 is 11.7 Å². The van der Waals surface area contributed by atoms with Gasteiger partial charge in [-0.2, -0.15) is 0 Å². The Morgan fingerprint density at radius 1 is 1.38 bits per heavy atom. The van der Waals surface area contributed by atoms with Crippen molar-refractivity contribution in [2.24, 2.45) is 0 Å². The second-order valence-electron chi connectivity index (χ2n) is 5.52. The number of hydrogen-bond donors (Lipinski definition) is 1. The van der Waals surface area contributed by atoms with Gasteiger partial charge in [0.05, 0.1) is 5.56 Å². The van der Waals surface area contributed by atoms with Crippen molar-refractivity contribution in [3.63, 3.8) is 0 Å². The lowest BCUT2D eigenvalue weighted by Crippen LogP contribution is -2.51. The third-order valence-electron chi connectivity index (χ3n) is 3.89. The minimum atomic E-state index is -0.552. The molecule has 0 aliphatic carbocycles. The van der Waals surface area contributed by atoms with E-state index in [1.807, 2.05) is 0 Å². The van der Waals surface area contributed by atoms with Gasteiger partial charge in [0.15, 0.2) is 0 Å². The number of halogens is 2. The number of rotatable bonds is 4. The normalized spacial score (nSPS) is 18.5. The summed E-state index contributed by atoms with van der Waals surface area (Å²) >= 11 is 5.80. The molecule has 4 nitrogen and oxygen atoms in total. The molecule has 0 unspecified atom stereocenters. The molecule has 2 rings (SSSR count). The van der Waals surface area contributed by atoms with Crippen molar-refractivity contribution in [3.05, 3.63) is 34.6 Å². The van der Waals surface area contributed by atoms with Crippen LogP contribution in [0.1, 0.15) is 17.3 Å². The second kappa shape index (κ2) is 7.20. The van der Waals surface area contributed by atoms with E-state index in [1.54, 1.807) is 0 Å². The highest BCUT2D eigenvalue weighted by Gasteiger charge is 2.20. The van der Waals surface area contributed by atoms with Gasteiger partial charge in [-0.15, -0.1) is 0 Å². The monoisotopic (exact) mass is 313 g/mol. The zero-order chi connectivity index (χ0) is 15.4. The first kappa shape index (κ1) is 16.2. The molecule has 1 aromatic carbocycles. The van der Waals surface area contributed by atoms with Crippen LogP contribution in [0, 0.1) is 5.82 Å². The summed E-state index contributed by atoms with van der Waals surface area (Å²) in [7, 11) is 2.10. The Morgan fingerprint density at radius 3 is 2.71 bits per heavy atom. The van der Waals surface area contributed by atoms with Crippen molar-refractivity contribution in [3.8, 4) is 0 Å². The van der Waals surface area contributed by atoms with Crippen LogP contribution >= 0.6 is 11.6 Å². The van der Waals surface area contributed by atoms with E-state index in [2.05, 4.69) is 29.1 Å². The van der Waals surface area contributed by atoms with Crippen LogP contribution in [0.2, 0.25) is 5.02 Å². The van der Waals surface area contributed by atoms with Crippen LogP contribution in [-0.4, -0.2) is 61.5 Å².